The van der Waals surface area contributed by atoms with Crippen LogP contribution in [0.2, 0.25) is 0 Å². The number of aryl methyl sites for hydroxylation is 2. The highest BCUT2D eigenvalue weighted by Crippen LogP contribution is 2.19. The number of hydrogen-bond donors (Lipinski definition) is 3. The number of amides is 2. The van der Waals surface area contributed by atoms with E-state index in [-0.39, 0.29) is 5.56 Å². The Morgan fingerprint density at radius 1 is 1.33 bits per heavy atom. The van der Waals surface area contributed by atoms with Crippen LogP contribution >= 0.6 is 0 Å². The molecule has 3 N–H and O–H groups in total. The quantitative estimate of drug-likeness (QED) is 0.784. The van der Waals surface area contributed by atoms with Crippen molar-refractivity contribution >= 4 is 11.8 Å². The van der Waals surface area contributed by atoms with Crippen molar-refractivity contribution in [2.75, 3.05) is 5.32 Å². The van der Waals surface area contributed by atoms with Gasteiger partial charge in [0.05, 0.1) is 17.8 Å². The number of nitrogens with zero attached hydrogens (tertiary/aromatic N) is 2. The molecule has 8 heteroatoms. The van der Waals surface area contributed by atoms with Gasteiger partial charge < -0.3 is 10.4 Å². The van der Waals surface area contributed by atoms with Crippen molar-refractivity contribution in [1.82, 2.24) is 15.1 Å². The lowest BCUT2D eigenvalue weighted by molar-refractivity contribution is 0.138. The summed E-state index contributed by atoms with van der Waals surface area (Å²) >= 11 is 0. The second-order valence-electron chi connectivity index (χ2n) is 5.50. The highest BCUT2D eigenvalue weighted by atomic mass is 19.2. The topological polar surface area (TPSA) is 79.2 Å². The molecular weight excluding hydrogens is 318 g/mol. The van der Waals surface area contributed by atoms with Crippen molar-refractivity contribution in [3.8, 4) is 0 Å². The zero-order chi connectivity index (χ0) is 17.9. The third kappa shape index (κ3) is 4.08. The molecule has 2 atom stereocenters. The van der Waals surface area contributed by atoms with Crippen LogP contribution in [0.4, 0.5) is 19.4 Å². The molecule has 130 valence electrons. The number of benzene rings is 1. The molecule has 2 aromatic rings. The van der Waals surface area contributed by atoms with Gasteiger partial charge in [0.15, 0.2) is 11.6 Å². The normalized spacial score (nSPS) is 13.4. The molecule has 0 radical (unpaired) electrons. The summed E-state index contributed by atoms with van der Waals surface area (Å²) in [5.41, 5.74) is 1.01. The molecular formula is C16H20F2N4O2. The molecule has 6 nitrogen and oxygen atoms in total. The van der Waals surface area contributed by atoms with Crippen molar-refractivity contribution in [3.63, 3.8) is 0 Å². The Kier molecular flexibility index (Phi) is 5.50. The van der Waals surface area contributed by atoms with E-state index in [9.17, 15) is 18.7 Å². The number of aromatic nitrogens is 2. The number of aliphatic hydroxyl groups excluding tert-OH is 1. The van der Waals surface area contributed by atoms with E-state index in [1.807, 2.05) is 6.92 Å². The summed E-state index contributed by atoms with van der Waals surface area (Å²) in [6.45, 7) is 3.51. The summed E-state index contributed by atoms with van der Waals surface area (Å²) in [7, 11) is 1.70. The molecule has 1 aromatic carbocycles. The molecule has 0 bridgehead atoms. The first-order chi connectivity index (χ1) is 11.3. The molecule has 0 aliphatic heterocycles. The Balaban J connectivity index is 1.99. The minimum atomic E-state index is -1.18. The zero-order valence-corrected chi connectivity index (χ0v) is 13.7. The molecule has 0 spiro atoms. The van der Waals surface area contributed by atoms with Crippen LogP contribution in [0, 0.1) is 11.6 Å². The highest BCUT2D eigenvalue weighted by Gasteiger charge is 2.20. The standard InChI is InChI=1S/C16H20F2N4O2/c1-4-11-8-14(22(3)21-11)20-16(24)19-9(2)15(23)10-5-6-12(17)13(18)7-10/h5-9,15,23H,4H2,1-3H3,(H2,19,20,24). The Bertz CT molecular complexity index is 733. The SMILES string of the molecule is CCc1cc(NC(=O)NC(C)C(O)c2ccc(F)c(F)c2)n(C)n1. The minimum absolute atomic E-state index is 0.176. The van der Waals surface area contributed by atoms with E-state index in [0.717, 1.165) is 24.2 Å². The highest BCUT2D eigenvalue weighted by molar-refractivity contribution is 5.88. The Morgan fingerprint density at radius 2 is 2.04 bits per heavy atom. The van der Waals surface area contributed by atoms with Gasteiger partial charge in [0.2, 0.25) is 0 Å². The molecule has 0 saturated carbocycles. The van der Waals surface area contributed by atoms with E-state index in [0.29, 0.717) is 5.82 Å². The second-order valence-corrected chi connectivity index (χ2v) is 5.50. The smallest absolute Gasteiger partial charge is 0.320 e. The monoisotopic (exact) mass is 338 g/mol. The maximum Gasteiger partial charge on any atom is 0.320 e. The van der Waals surface area contributed by atoms with E-state index < -0.39 is 29.8 Å². The average Bonchev–Trinajstić information content (AvgIpc) is 2.89. The number of halogens is 2. The van der Waals surface area contributed by atoms with Gasteiger partial charge in [-0.1, -0.05) is 13.0 Å². The van der Waals surface area contributed by atoms with Gasteiger partial charge in [-0.2, -0.15) is 5.10 Å². The molecule has 0 aliphatic carbocycles. The molecule has 2 unspecified atom stereocenters. The van der Waals surface area contributed by atoms with Gasteiger partial charge in [-0.25, -0.2) is 13.6 Å². The molecule has 0 fully saturated rings. The maximum absolute atomic E-state index is 13.2. The van der Waals surface area contributed by atoms with E-state index in [1.165, 1.54) is 10.7 Å². The number of hydrogen-bond acceptors (Lipinski definition) is 3. The molecule has 0 aliphatic rings. The second kappa shape index (κ2) is 7.39. The molecule has 1 aromatic heterocycles. The van der Waals surface area contributed by atoms with Gasteiger partial charge in [-0.3, -0.25) is 10.00 Å². The number of nitrogens with one attached hydrogen (secondary N) is 2. The average molecular weight is 338 g/mol. The Hall–Kier alpha value is -2.48. The summed E-state index contributed by atoms with van der Waals surface area (Å²) in [6.07, 6.45) is -0.439. The van der Waals surface area contributed by atoms with E-state index in [1.54, 1.807) is 20.0 Å². The van der Waals surface area contributed by atoms with Crippen LogP contribution in [0.5, 0.6) is 0 Å². The van der Waals surface area contributed by atoms with Crippen molar-refractivity contribution in [1.29, 1.82) is 0 Å². The fourth-order valence-electron chi connectivity index (χ4n) is 2.24. The molecule has 2 amide bonds. The van der Waals surface area contributed by atoms with Crippen LogP contribution in [0.15, 0.2) is 24.3 Å². The number of aliphatic hydroxyl groups is 1. The number of carbonyl (C=O) groups is 1. The van der Waals surface area contributed by atoms with Crippen molar-refractivity contribution in [2.24, 2.45) is 7.05 Å². The van der Waals surface area contributed by atoms with Crippen LogP contribution in [0.25, 0.3) is 0 Å². The van der Waals surface area contributed by atoms with Gasteiger partial charge in [-0.05, 0) is 31.0 Å². The lowest BCUT2D eigenvalue weighted by atomic mass is 10.0. The maximum atomic E-state index is 13.2. The van der Waals surface area contributed by atoms with E-state index in [4.69, 9.17) is 0 Å². The number of anilines is 1. The fraction of sp³-hybridized carbons (Fsp3) is 0.375. The van der Waals surface area contributed by atoms with E-state index >= 15 is 0 Å². The Labute approximate surface area is 138 Å². The van der Waals surface area contributed by atoms with Crippen LogP contribution in [0.3, 0.4) is 0 Å². The van der Waals surface area contributed by atoms with Crippen LogP contribution < -0.4 is 10.6 Å². The van der Waals surface area contributed by atoms with Gasteiger partial charge in [0, 0.05) is 13.1 Å². The fourth-order valence-corrected chi connectivity index (χ4v) is 2.24. The van der Waals surface area contributed by atoms with Crippen LogP contribution in [-0.2, 0) is 13.5 Å². The predicted octanol–water partition coefficient (Wildman–Crippen LogP) is 2.50. The van der Waals surface area contributed by atoms with Crippen molar-refractivity contribution in [3.05, 3.63) is 47.2 Å². The summed E-state index contributed by atoms with van der Waals surface area (Å²) in [5.74, 6) is -1.53. The van der Waals surface area contributed by atoms with Crippen LogP contribution in [0.1, 0.15) is 31.2 Å². The lowest BCUT2D eigenvalue weighted by Gasteiger charge is -2.21. The zero-order valence-electron chi connectivity index (χ0n) is 13.7. The molecule has 24 heavy (non-hydrogen) atoms. The molecule has 2 rings (SSSR count). The first-order valence-corrected chi connectivity index (χ1v) is 7.55. The van der Waals surface area contributed by atoms with E-state index in [2.05, 4.69) is 15.7 Å². The van der Waals surface area contributed by atoms with Crippen LogP contribution in [-0.4, -0.2) is 27.0 Å². The summed E-state index contributed by atoms with van der Waals surface area (Å²) in [5, 5.41) is 19.6. The van der Waals surface area contributed by atoms with Crippen molar-refractivity contribution in [2.45, 2.75) is 32.4 Å². The van der Waals surface area contributed by atoms with Gasteiger partial charge >= 0.3 is 6.03 Å². The summed E-state index contributed by atoms with van der Waals surface area (Å²) in [6, 6.07) is 3.61. The summed E-state index contributed by atoms with van der Waals surface area (Å²) < 4.78 is 27.7. The Morgan fingerprint density at radius 3 is 2.62 bits per heavy atom. The third-order valence-electron chi connectivity index (χ3n) is 3.65. The first-order valence-electron chi connectivity index (χ1n) is 7.55. The largest absolute Gasteiger partial charge is 0.386 e. The van der Waals surface area contributed by atoms with Gasteiger partial charge in [-0.15, -0.1) is 0 Å². The minimum Gasteiger partial charge on any atom is -0.386 e. The third-order valence-corrected chi connectivity index (χ3v) is 3.65. The predicted molar refractivity (Wildman–Crippen MR) is 85.5 cm³/mol. The number of carbonyl (C=O) groups excluding carboxylic acids is 1. The summed E-state index contributed by atoms with van der Waals surface area (Å²) in [4.78, 5) is 12.0. The number of rotatable bonds is 5. The lowest BCUT2D eigenvalue weighted by Crippen LogP contribution is -2.40. The molecule has 0 saturated heterocycles. The first kappa shape index (κ1) is 17.9. The van der Waals surface area contributed by atoms with Gasteiger partial charge in [0.1, 0.15) is 5.82 Å². The van der Waals surface area contributed by atoms with Crippen molar-refractivity contribution < 1.29 is 18.7 Å². The molecule has 1 heterocycles. The number of urea groups is 1. The van der Waals surface area contributed by atoms with Gasteiger partial charge in [0.25, 0.3) is 0 Å².